The van der Waals surface area contributed by atoms with Crippen LogP contribution >= 0.6 is 0 Å². The quantitative estimate of drug-likeness (QED) is 0.499. The van der Waals surface area contributed by atoms with Gasteiger partial charge in [-0.1, -0.05) is 0 Å². The minimum absolute atomic E-state index is 0.0195. The summed E-state index contributed by atoms with van der Waals surface area (Å²) in [5, 5.41) is 0. The van der Waals surface area contributed by atoms with Gasteiger partial charge in [0, 0.05) is 12.5 Å². The van der Waals surface area contributed by atoms with Gasteiger partial charge in [-0.2, -0.15) is 0 Å². The zero-order valence-corrected chi connectivity index (χ0v) is 5.55. The van der Waals surface area contributed by atoms with Crippen molar-refractivity contribution in [1.29, 1.82) is 0 Å². The summed E-state index contributed by atoms with van der Waals surface area (Å²) in [4.78, 5) is 9.87. The number of aldehydes is 1. The molecular weight excluding hydrogens is 116 g/mol. The van der Waals surface area contributed by atoms with E-state index in [2.05, 4.69) is 0 Å². The molecule has 0 saturated carbocycles. The molecule has 0 bridgehead atoms. The van der Waals surface area contributed by atoms with Crippen LogP contribution in [0.3, 0.4) is 0 Å². The molecule has 54 valence electrons. The molecule has 0 radical (unpaired) electrons. The summed E-state index contributed by atoms with van der Waals surface area (Å²) >= 11 is 0. The van der Waals surface area contributed by atoms with Gasteiger partial charge in [-0.05, 0) is 19.4 Å². The highest BCUT2D eigenvalue weighted by molar-refractivity contribution is 5.50. The Hall–Kier alpha value is -0.410. The zero-order chi connectivity index (χ0) is 7.11. The van der Waals surface area contributed by atoms with Crippen molar-refractivity contribution in [2.24, 2.45) is 11.5 Å². The number of carbonyl (C=O) groups is 1. The number of hydrogen-bond acceptors (Lipinski definition) is 3. The molecule has 0 aliphatic rings. The maximum atomic E-state index is 9.87. The first-order valence-corrected chi connectivity index (χ1v) is 3.20. The van der Waals surface area contributed by atoms with Crippen molar-refractivity contribution in [3.63, 3.8) is 0 Å². The second-order valence-corrected chi connectivity index (χ2v) is 2.09. The van der Waals surface area contributed by atoms with E-state index in [1.165, 1.54) is 0 Å². The summed E-state index contributed by atoms with van der Waals surface area (Å²) in [5.41, 5.74) is 10.7. The lowest BCUT2D eigenvalue weighted by Gasteiger charge is -2.04. The van der Waals surface area contributed by atoms with Crippen LogP contribution in [0.5, 0.6) is 0 Å². The smallest absolute Gasteiger partial charge is 0.121 e. The zero-order valence-electron chi connectivity index (χ0n) is 5.55. The Balaban J connectivity index is 3.04. The van der Waals surface area contributed by atoms with E-state index in [-0.39, 0.29) is 6.04 Å². The van der Waals surface area contributed by atoms with Crippen LogP contribution in [-0.4, -0.2) is 18.9 Å². The summed E-state index contributed by atoms with van der Waals surface area (Å²) in [6.45, 7) is 0.659. The highest BCUT2D eigenvalue weighted by Gasteiger charge is 1.98. The van der Waals surface area contributed by atoms with Gasteiger partial charge in [0.1, 0.15) is 6.29 Å². The maximum absolute atomic E-state index is 9.87. The molecule has 0 heterocycles. The number of hydrogen-bond donors (Lipinski definition) is 2. The normalized spacial score (nSPS) is 13.1. The molecule has 0 rings (SSSR count). The molecule has 0 fully saturated rings. The monoisotopic (exact) mass is 130 g/mol. The lowest BCUT2D eigenvalue weighted by atomic mass is 10.1. The van der Waals surface area contributed by atoms with Crippen molar-refractivity contribution in [2.45, 2.75) is 25.3 Å². The van der Waals surface area contributed by atoms with Gasteiger partial charge in [0.15, 0.2) is 0 Å². The van der Waals surface area contributed by atoms with Crippen LogP contribution in [-0.2, 0) is 4.79 Å². The van der Waals surface area contributed by atoms with Gasteiger partial charge >= 0.3 is 0 Å². The van der Waals surface area contributed by atoms with Crippen LogP contribution in [0, 0.1) is 0 Å². The first-order valence-electron chi connectivity index (χ1n) is 3.20. The second-order valence-electron chi connectivity index (χ2n) is 2.09. The van der Waals surface area contributed by atoms with Crippen LogP contribution in [0.1, 0.15) is 19.3 Å². The molecule has 9 heavy (non-hydrogen) atoms. The summed E-state index contributed by atoms with van der Waals surface area (Å²) in [5.74, 6) is 0. The third-order valence-corrected chi connectivity index (χ3v) is 1.18. The molecule has 0 aliphatic heterocycles. The molecule has 0 amide bonds. The first-order chi connectivity index (χ1) is 4.31. The lowest BCUT2D eigenvalue weighted by Crippen LogP contribution is -2.21. The summed E-state index contributed by atoms with van der Waals surface area (Å²) < 4.78 is 0. The molecule has 3 heteroatoms. The predicted octanol–water partition coefficient (Wildman–Crippen LogP) is -0.358. The predicted molar refractivity (Wildman–Crippen MR) is 36.9 cm³/mol. The maximum Gasteiger partial charge on any atom is 0.121 e. The lowest BCUT2D eigenvalue weighted by molar-refractivity contribution is -0.108. The summed E-state index contributed by atoms with van der Waals surface area (Å²) in [7, 11) is 0. The van der Waals surface area contributed by atoms with Crippen LogP contribution < -0.4 is 11.5 Å². The standard InChI is InChI=1S/C6H14N2O/c7-4-1-2-6(8)3-5-9/h5-6H,1-4,7-8H2/t6-/m1/s1. The van der Waals surface area contributed by atoms with Crippen molar-refractivity contribution in [2.75, 3.05) is 6.54 Å². The fourth-order valence-corrected chi connectivity index (χ4v) is 0.621. The Kier molecular flexibility index (Phi) is 5.46. The van der Waals surface area contributed by atoms with E-state index >= 15 is 0 Å². The Bertz CT molecular complexity index is 75.5. The van der Waals surface area contributed by atoms with Crippen molar-refractivity contribution in [3.8, 4) is 0 Å². The van der Waals surface area contributed by atoms with E-state index < -0.39 is 0 Å². The van der Waals surface area contributed by atoms with E-state index in [1.807, 2.05) is 0 Å². The SMILES string of the molecule is NCCC[C@@H](N)CC=O. The van der Waals surface area contributed by atoms with Crippen LogP contribution in [0.15, 0.2) is 0 Å². The molecule has 0 aromatic carbocycles. The molecular formula is C6H14N2O. The summed E-state index contributed by atoms with van der Waals surface area (Å²) in [6.07, 6.45) is 3.07. The Morgan fingerprint density at radius 3 is 2.67 bits per heavy atom. The van der Waals surface area contributed by atoms with E-state index in [0.29, 0.717) is 13.0 Å². The Morgan fingerprint density at radius 1 is 1.56 bits per heavy atom. The van der Waals surface area contributed by atoms with Gasteiger partial charge in [0.05, 0.1) is 0 Å². The average Bonchev–Trinajstić information content (AvgIpc) is 1.85. The minimum Gasteiger partial charge on any atom is -0.330 e. The summed E-state index contributed by atoms with van der Waals surface area (Å²) in [6, 6.07) is 0.0195. The molecule has 4 N–H and O–H groups in total. The van der Waals surface area contributed by atoms with Crippen molar-refractivity contribution in [3.05, 3.63) is 0 Å². The van der Waals surface area contributed by atoms with Gasteiger partial charge < -0.3 is 16.3 Å². The molecule has 3 nitrogen and oxygen atoms in total. The average molecular weight is 130 g/mol. The highest BCUT2D eigenvalue weighted by Crippen LogP contribution is 1.94. The Labute approximate surface area is 55.4 Å². The molecule has 0 aromatic heterocycles. The van der Waals surface area contributed by atoms with E-state index in [1.54, 1.807) is 0 Å². The minimum atomic E-state index is 0.0195. The van der Waals surface area contributed by atoms with Gasteiger partial charge in [-0.25, -0.2) is 0 Å². The molecule has 0 aliphatic carbocycles. The van der Waals surface area contributed by atoms with Gasteiger partial charge in [0.25, 0.3) is 0 Å². The fraction of sp³-hybridized carbons (Fsp3) is 0.833. The number of carbonyl (C=O) groups excluding carboxylic acids is 1. The Morgan fingerprint density at radius 2 is 2.22 bits per heavy atom. The van der Waals surface area contributed by atoms with Gasteiger partial charge in [0.2, 0.25) is 0 Å². The van der Waals surface area contributed by atoms with E-state index in [4.69, 9.17) is 11.5 Å². The molecule has 0 aromatic rings. The first kappa shape index (κ1) is 8.59. The van der Waals surface area contributed by atoms with Crippen LogP contribution in [0.2, 0.25) is 0 Å². The molecule has 0 unspecified atom stereocenters. The van der Waals surface area contributed by atoms with E-state index in [0.717, 1.165) is 19.1 Å². The number of rotatable bonds is 5. The topological polar surface area (TPSA) is 69.1 Å². The van der Waals surface area contributed by atoms with Crippen molar-refractivity contribution < 1.29 is 4.79 Å². The van der Waals surface area contributed by atoms with Crippen molar-refractivity contribution in [1.82, 2.24) is 0 Å². The fourth-order valence-electron chi connectivity index (χ4n) is 0.621. The third-order valence-electron chi connectivity index (χ3n) is 1.18. The van der Waals surface area contributed by atoms with Gasteiger partial charge in [-0.3, -0.25) is 0 Å². The van der Waals surface area contributed by atoms with Gasteiger partial charge in [-0.15, -0.1) is 0 Å². The van der Waals surface area contributed by atoms with E-state index in [9.17, 15) is 4.79 Å². The highest BCUT2D eigenvalue weighted by atomic mass is 16.1. The second kappa shape index (κ2) is 5.72. The molecule has 0 saturated heterocycles. The molecule has 0 spiro atoms. The molecule has 1 atom stereocenters. The number of nitrogens with two attached hydrogens (primary N) is 2. The van der Waals surface area contributed by atoms with Crippen LogP contribution in [0.25, 0.3) is 0 Å². The third kappa shape index (κ3) is 5.46. The largest absolute Gasteiger partial charge is 0.330 e. The van der Waals surface area contributed by atoms with Crippen molar-refractivity contribution >= 4 is 6.29 Å². The van der Waals surface area contributed by atoms with Crippen LogP contribution in [0.4, 0.5) is 0 Å².